The number of primary amides is 1. The van der Waals surface area contributed by atoms with Gasteiger partial charge in [-0.25, -0.2) is 4.79 Å². The SMILES string of the molecule is CC(C)[C@@H](C(N)=O)N(C)C(=O)N1CCC(N(C)C(C)C)CC1. The number of likely N-dealkylation sites (N-methyl/N-ethyl adjacent to an activating group) is 1. The first-order valence-corrected chi connectivity index (χ1v) is 8.19. The number of piperidine rings is 1. The van der Waals surface area contributed by atoms with Gasteiger partial charge in [-0.2, -0.15) is 0 Å². The Hall–Kier alpha value is -1.30. The van der Waals surface area contributed by atoms with Gasteiger partial charge in [0.2, 0.25) is 5.91 Å². The fourth-order valence-corrected chi connectivity index (χ4v) is 3.19. The van der Waals surface area contributed by atoms with Gasteiger partial charge in [-0.3, -0.25) is 4.79 Å². The number of amides is 3. The molecule has 128 valence electrons. The molecule has 1 heterocycles. The molecule has 6 heteroatoms. The highest BCUT2D eigenvalue weighted by Crippen LogP contribution is 2.19. The van der Waals surface area contributed by atoms with Crippen LogP contribution in [0.15, 0.2) is 0 Å². The Morgan fingerprint density at radius 3 is 1.95 bits per heavy atom. The minimum Gasteiger partial charge on any atom is -0.368 e. The molecule has 1 atom stereocenters. The second-order valence-corrected chi connectivity index (χ2v) is 6.96. The quantitative estimate of drug-likeness (QED) is 0.833. The largest absolute Gasteiger partial charge is 0.368 e. The highest BCUT2D eigenvalue weighted by Gasteiger charge is 2.33. The van der Waals surface area contributed by atoms with Crippen LogP contribution in [0.3, 0.4) is 0 Å². The van der Waals surface area contributed by atoms with Crippen molar-refractivity contribution in [3.63, 3.8) is 0 Å². The van der Waals surface area contributed by atoms with E-state index in [0.29, 0.717) is 12.1 Å². The fraction of sp³-hybridized carbons (Fsp3) is 0.875. The van der Waals surface area contributed by atoms with Crippen LogP contribution in [0.4, 0.5) is 4.79 Å². The molecule has 0 radical (unpaired) electrons. The molecule has 0 saturated carbocycles. The van der Waals surface area contributed by atoms with Crippen molar-refractivity contribution in [2.45, 2.75) is 58.7 Å². The number of carbonyl (C=O) groups excluding carboxylic acids is 2. The van der Waals surface area contributed by atoms with Crippen LogP contribution in [-0.4, -0.2) is 71.9 Å². The number of carbonyl (C=O) groups is 2. The lowest BCUT2D eigenvalue weighted by Crippen LogP contribution is -2.55. The highest BCUT2D eigenvalue weighted by molar-refractivity contribution is 5.86. The summed E-state index contributed by atoms with van der Waals surface area (Å²) >= 11 is 0. The average molecular weight is 312 g/mol. The van der Waals surface area contributed by atoms with Crippen LogP contribution < -0.4 is 5.73 Å². The maximum absolute atomic E-state index is 12.6. The summed E-state index contributed by atoms with van der Waals surface area (Å²) < 4.78 is 0. The molecular weight excluding hydrogens is 280 g/mol. The Bertz CT molecular complexity index is 390. The summed E-state index contributed by atoms with van der Waals surface area (Å²) in [4.78, 5) is 29.9. The van der Waals surface area contributed by atoms with E-state index in [4.69, 9.17) is 5.73 Å². The first-order chi connectivity index (χ1) is 10.2. The molecule has 22 heavy (non-hydrogen) atoms. The molecule has 0 bridgehead atoms. The van der Waals surface area contributed by atoms with E-state index < -0.39 is 11.9 Å². The van der Waals surface area contributed by atoms with Gasteiger partial charge in [0.1, 0.15) is 6.04 Å². The summed E-state index contributed by atoms with van der Waals surface area (Å²) in [6.07, 6.45) is 1.94. The minimum atomic E-state index is -0.552. The summed E-state index contributed by atoms with van der Waals surface area (Å²) in [6.45, 7) is 9.64. The predicted octanol–water partition coefficient (Wildman–Crippen LogP) is 1.35. The van der Waals surface area contributed by atoms with Gasteiger partial charge in [0.15, 0.2) is 0 Å². The van der Waals surface area contributed by atoms with Crippen LogP contribution in [0.1, 0.15) is 40.5 Å². The topological polar surface area (TPSA) is 69.9 Å². The molecule has 0 aromatic rings. The molecule has 2 N–H and O–H groups in total. The minimum absolute atomic E-state index is 0.0102. The second-order valence-electron chi connectivity index (χ2n) is 6.96. The Labute approximate surface area is 134 Å². The van der Waals surface area contributed by atoms with Gasteiger partial charge in [0.25, 0.3) is 0 Å². The zero-order valence-corrected chi connectivity index (χ0v) is 14.9. The number of urea groups is 1. The first-order valence-electron chi connectivity index (χ1n) is 8.19. The molecule has 0 unspecified atom stereocenters. The Morgan fingerprint density at radius 1 is 1.09 bits per heavy atom. The normalized spacial score (nSPS) is 18.1. The van der Waals surface area contributed by atoms with Crippen molar-refractivity contribution in [2.75, 3.05) is 27.2 Å². The molecule has 0 aromatic carbocycles. The van der Waals surface area contributed by atoms with Gasteiger partial charge >= 0.3 is 6.03 Å². The Kier molecular flexibility index (Phi) is 6.66. The van der Waals surface area contributed by atoms with Gasteiger partial charge in [0, 0.05) is 32.2 Å². The standard InChI is InChI=1S/C16H32N4O2/c1-11(2)14(15(17)21)19(6)16(22)20-9-7-13(8-10-20)18(5)12(3)4/h11-14H,7-10H2,1-6H3,(H2,17,21)/t14-/m0/s1. The Morgan fingerprint density at radius 2 is 1.59 bits per heavy atom. The van der Waals surface area contributed by atoms with Crippen molar-refractivity contribution < 1.29 is 9.59 Å². The van der Waals surface area contributed by atoms with E-state index in [2.05, 4.69) is 25.8 Å². The summed E-state index contributed by atoms with van der Waals surface area (Å²) in [6, 6.07) is 0.383. The molecule has 0 aliphatic carbocycles. The van der Waals surface area contributed by atoms with E-state index in [1.165, 1.54) is 4.90 Å². The van der Waals surface area contributed by atoms with E-state index >= 15 is 0 Å². The van der Waals surface area contributed by atoms with Crippen molar-refractivity contribution >= 4 is 11.9 Å². The van der Waals surface area contributed by atoms with E-state index in [1.54, 1.807) is 7.05 Å². The third kappa shape index (κ3) is 4.35. The summed E-state index contributed by atoms with van der Waals surface area (Å²) in [5.41, 5.74) is 5.44. The molecule has 0 spiro atoms. The summed E-state index contributed by atoms with van der Waals surface area (Å²) in [5, 5.41) is 0. The molecule has 1 saturated heterocycles. The monoisotopic (exact) mass is 312 g/mol. The maximum atomic E-state index is 12.6. The van der Waals surface area contributed by atoms with Crippen molar-refractivity contribution in [3.8, 4) is 0 Å². The zero-order valence-electron chi connectivity index (χ0n) is 14.9. The average Bonchev–Trinajstić information content (AvgIpc) is 2.44. The van der Waals surface area contributed by atoms with Crippen LogP contribution in [0.2, 0.25) is 0 Å². The van der Waals surface area contributed by atoms with Crippen LogP contribution in [0, 0.1) is 5.92 Å². The molecule has 6 nitrogen and oxygen atoms in total. The van der Waals surface area contributed by atoms with Gasteiger partial charge < -0.3 is 20.4 Å². The van der Waals surface area contributed by atoms with Gasteiger partial charge in [-0.05, 0) is 39.7 Å². The highest BCUT2D eigenvalue weighted by atomic mass is 16.2. The molecule has 1 fully saturated rings. The molecular formula is C16H32N4O2. The van der Waals surface area contributed by atoms with E-state index in [9.17, 15) is 9.59 Å². The van der Waals surface area contributed by atoms with E-state index in [0.717, 1.165) is 25.9 Å². The first kappa shape index (κ1) is 18.7. The molecule has 0 aromatic heterocycles. The molecule has 1 rings (SSSR count). The van der Waals surface area contributed by atoms with Crippen LogP contribution in [-0.2, 0) is 4.79 Å². The van der Waals surface area contributed by atoms with Crippen molar-refractivity contribution in [1.82, 2.24) is 14.7 Å². The summed E-state index contributed by atoms with van der Waals surface area (Å²) in [7, 11) is 3.81. The lowest BCUT2D eigenvalue weighted by Gasteiger charge is -2.40. The van der Waals surface area contributed by atoms with Crippen LogP contribution >= 0.6 is 0 Å². The number of nitrogens with zero attached hydrogens (tertiary/aromatic N) is 3. The smallest absolute Gasteiger partial charge is 0.320 e. The van der Waals surface area contributed by atoms with Gasteiger partial charge in [0.05, 0.1) is 0 Å². The number of rotatable bonds is 5. The summed E-state index contributed by atoms with van der Waals surface area (Å²) in [5.74, 6) is -0.434. The van der Waals surface area contributed by atoms with Gasteiger partial charge in [-0.15, -0.1) is 0 Å². The number of hydrogen-bond acceptors (Lipinski definition) is 3. The Balaban J connectivity index is 2.63. The third-order valence-electron chi connectivity index (χ3n) is 4.77. The lowest BCUT2D eigenvalue weighted by atomic mass is 10.0. The maximum Gasteiger partial charge on any atom is 0.320 e. The van der Waals surface area contributed by atoms with Gasteiger partial charge in [-0.1, -0.05) is 13.8 Å². The number of likely N-dealkylation sites (tertiary alicyclic amines) is 1. The number of hydrogen-bond donors (Lipinski definition) is 1. The molecule has 3 amide bonds. The van der Waals surface area contributed by atoms with E-state index in [1.807, 2.05) is 18.7 Å². The number of nitrogens with two attached hydrogens (primary N) is 1. The predicted molar refractivity (Wildman–Crippen MR) is 88.5 cm³/mol. The second kappa shape index (κ2) is 7.81. The van der Waals surface area contributed by atoms with Crippen molar-refractivity contribution in [1.29, 1.82) is 0 Å². The van der Waals surface area contributed by atoms with Crippen molar-refractivity contribution in [3.05, 3.63) is 0 Å². The fourth-order valence-electron chi connectivity index (χ4n) is 3.19. The van der Waals surface area contributed by atoms with Crippen LogP contribution in [0.5, 0.6) is 0 Å². The van der Waals surface area contributed by atoms with E-state index in [-0.39, 0.29) is 11.9 Å². The lowest BCUT2D eigenvalue weighted by molar-refractivity contribution is -0.123. The van der Waals surface area contributed by atoms with Crippen LogP contribution in [0.25, 0.3) is 0 Å². The zero-order chi connectivity index (χ0) is 17.0. The third-order valence-corrected chi connectivity index (χ3v) is 4.77. The van der Waals surface area contributed by atoms with Crippen molar-refractivity contribution in [2.24, 2.45) is 11.7 Å². The molecule has 1 aliphatic heterocycles. The molecule has 1 aliphatic rings.